The van der Waals surface area contributed by atoms with Gasteiger partial charge >= 0.3 is 0 Å². The van der Waals surface area contributed by atoms with Gasteiger partial charge in [0.05, 0.1) is 37.9 Å². The molecule has 120 valence electrons. The van der Waals surface area contributed by atoms with E-state index in [4.69, 9.17) is 9.47 Å². The number of nitrogens with zero attached hydrogens (tertiary/aromatic N) is 2. The molecular formula is C14H18N2O6. The molecule has 1 aliphatic heterocycles. The first-order valence-electron chi connectivity index (χ1n) is 6.85. The number of nitro benzene ring substituents is 1. The molecular weight excluding hydrogens is 292 g/mol. The smallest absolute Gasteiger partial charge is 0.286 e. The van der Waals surface area contributed by atoms with Gasteiger partial charge in [0.25, 0.3) is 11.6 Å². The number of hydrogen-bond acceptors (Lipinski definition) is 6. The minimum Gasteiger partial charge on any atom is -0.493 e. The Morgan fingerprint density at radius 1 is 1.41 bits per heavy atom. The molecule has 1 aromatic rings. The molecule has 1 N–H and O–H groups in total. The number of benzene rings is 1. The Hall–Kier alpha value is -2.35. The van der Waals surface area contributed by atoms with Gasteiger partial charge in [0.2, 0.25) is 0 Å². The van der Waals surface area contributed by atoms with Crippen LogP contribution in [0, 0.1) is 10.1 Å². The number of aliphatic hydroxyl groups excluding tert-OH is 1. The zero-order valence-electron chi connectivity index (χ0n) is 12.4. The zero-order chi connectivity index (χ0) is 16.3. The van der Waals surface area contributed by atoms with Gasteiger partial charge < -0.3 is 19.5 Å². The van der Waals surface area contributed by atoms with Crippen LogP contribution in [0.15, 0.2) is 12.1 Å². The van der Waals surface area contributed by atoms with Crippen LogP contribution in [-0.4, -0.2) is 54.3 Å². The average molecular weight is 310 g/mol. The number of hydrogen-bond donors (Lipinski definition) is 1. The van der Waals surface area contributed by atoms with E-state index in [0.717, 1.165) is 6.42 Å². The number of likely N-dealkylation sites (tertiary alicyclic amines) is 1. The van der Waals surface area contributed by atoms with Crippen LogP contribution in [0.1, 0.15) is 23.2 Å². The molecule has 0 spiro atoms. The lowest BCUT2D eigenvalue weighted by Crippen LogP contribution is -2.37. The molecule has 1 fully saturated rings. The van der Waals surface area contributed by atoms with Gasteiger partial charge in [-0.3, -0.25) is 14.9 Å². The highest BCUT2D eigenvalue weighted by atomic mass is 16.6. The summed E-state index contributed by atoms with van der Waals surface area (Å²) in [6, 6.07) is 2.18. The van der Waals surface area contributed by atoms with E-state index in [1.54, 1.807) is 0 Å². The van der Waals surface area contributed by atoms with Gasteiger partial charge in [-0.05, 0) is 12.8 Å². The predicted octanol–water partition coefficient (Wildman–Crippen LogP) is 1.21. The molecule has 0 bridgehead atoms. The summed E-state index contributed by atoms with van der Waals surface area (Å²) in [5.41, 5.74) is -0.408. The number of methoxy groups -OCH3 is 2. The van der Waals surface area contributed by atoms with E-state index in [1.165, 1.54) is 31.3 Å². The highest BCUT2D eigenvalue weighted by Crippen LogP contribution is 2.35. The lowest BCUT2D eigenvalue weighted by atomic mass is 10.1. The summed E-state index contributed by atoms with van der Waals surface area (Å²) < 4.78 is 10.1. The van der Waals surface area contributed by atoms with Crippen LogP contribution in [0.5, 0.6) is 11.5 Å². The summed E-state index contributed by atoms with van der Waals surface area (Å²) in [7, 11) is 2.76. The van der Waals surface area contributed by atoms with Crippen molar-refractivity contribution < 1.29 is 24.3 Å². The van der Waals surface area contributed by atoms with Gasteiger partial charge in [-0.15, -0.1) is 0 Å². The SMILES string of the molecule is COc1cc(C(=O)N2CCCC2CO)c([N+](=O)[O-])cc1OC. The maximum Gasteiger partial charge on any atom is 0.286 e. The van der Waals surface area contributed by atoms with Gasteiger partial charge in [0, 0.05) is 12.6 Å². The van der Waals surface area contributed by atoms with E-state index >= 15 is 0 Å². The van der Waals surface area contributed by atoms with Gasteiger partial charge in [-0.2, -0.15) is 0 Å². The molecule has 1 unspecified atom stereocenters. The number of nitro groups is 1. The maximum atomic E-state index is 12.6. The Kier molecular flexibility index (Phi) is 4.81. The van der Waals surface area contributed by atoms with Gasteiger partial charge in [0.15, 0.2) is 11.5 Å². The molecule has 1 amide bonds. The Balaban J connectivity index is 2.48. The number of amides is 1. The minimum atomic E-state index is -0.626. The lowest BCUT2D eigenvalue weighted by Gasteiger charge is -2.23. The minimum absolute atomic E-state index is 0.0667. The molecule has 8 nitrogen and oxygen atoms in total. The number of carbonyl (C=O) groups is 1. The summed E-state index contributed by atoms with van der Waals surface area (Å²) in [5, 5.41) is 20.6. The third-order valence-corrected chi connectivity index (χ3v) is 3.78. The maximum absolute atomic E-state index is 12.6. The first-order chi connectivity index (χ1) is 10.5. The molecule has 1 aromatic carbocycles. The monoisotopic (exact) mass is 310 g/mol. The molecule has 0 radical (unpaired) electrons. The van der Waals surface area contributed by atoms with Crippen molar-refractivity contribution in [2.24, 2.45) is 0 Å². The molecule has 8 heteroatoms. The number of carbonyl (C=O) groups excluding carboxylic acids is 1. The van der Waals surface area contributed by atoms with Crippen LogP contribution in [0.3, 0.4) is 0 Å². The van der Waals surface area contributed by atoms with E-state index in [0.29, 0.717) is 13.0 Å². The van der Waals surface area contributed by atoms with E-state index in [-0.39, 0.29) is 35.4 Å². The van der Waals surface area contributed by atoms with Crippen molar-refractivity contribution in [2.45, 2.75) is 18.9 Å². The first kappa shape index (κ1) is 16.0. The summed E-state index contributed by atoms with van der Waals surface area (Å²) in [5.74, 6) is -0.0497. The van der Waals surface area contributed by atoms with Crippen LogP contribution in [-0.2, 0) is 0 Å². The molecule has 1 aliphatic rings. The molecule has 1 heterocycles. The molecule has 0 saturated carbocycles. The highest BCUT2D eigenvalue weighted by Gasteiger charge is 2.33. The molecule has 0 aliphatic carbocycles. The Morgan fingerprint density at radius 3 is 2.59 bits per heavy atom. The fourth-order valence-corrected chi connectivity index (χ4v) is 2.64. The molecule has 0 aromatic heterocycles. The second-order valence-corrected chi connectivity index (χ2v) is 4.96. The van der Waals surface area contributed by atoms with Crippen molar-refractivity contribution in [3.8, 4) is 11.5 Å². The van der Waals surface area contributed by atoms with Crippen molar-refractivity contribution in [1.29, 1.82) is 0 Å². The van der Waals surface area contributed by atoms with Crippen molar-refractivity contribution in [2.75, 3.05) is 27.4 Å². The number of ether oxygens (including phenoxy) is 2. The van der Waals surface area contributed by atoms with Crippen molar-refractivity contribution in [3.05, 3.63) is 27.8 Å². The normalized spacial score (nSPS) is 17.4. The van der Waals surface area contributed by atoms with Crippen molar-refractivity contribution in [3.63, 3.8) is 0 Å². The van der Waals surface area contributed by atoms with Crippen LogP contribution in [0.2, 0.25) is 0 Å². The summed E-state index contributed by atoms with van der Waals surface area (Å²) in [6.07, 6.45) is 1.45. The highest BCUT2D eigenvalue weighted by molar-refractivity contribution is 5.99. The lowest BCUT2D eigenvalue weighted by molar-refractivity contribution is -0.385. The molecule has 22 heavy (non-hydrogen) atoms. The third-order valence-electron chi connectivity index (χ3n) is 3.78. The van der Waals surface area contributed by atoms with E-state index in [9.17, 15) is 20.0 Å². The third kappa shape index (κ3) is 2.82. The number of aliphatic hydroxyl groups is 1. The summed E-state index contributed by atoms with van der Waals surface area (Å²) in [6.45, 7) is 0.308. The second-order valence-electron chi connectivity index (χ2n) is 4.96. The quantitative estimate of drug-likeness (QED) is 0.648. The standard InChI is InChI=1S/C14H18N2O6/c1-21-12-6-10(11(16(19)20)7-13(12)22-2)14(18)15-5-3-4-9(15)8-17/h6-7,9,17H,3-5,8H2,1-2H3. The van der Waals surface area contributed by atoms with Gasteiger partial charge in [0.1, 0.15) is 5.56 Å². The van der Waals surface area contributed by atoms with Crippen LogP contribution >= 0.6 is 0 Å². The van der Waals surface area contributed by atoms with Gasteiger partial charge in [-0.25, -0.2) is 0 Å². The van der Waals surface area contributed by atoms with E-state index < -0.39 is 10.8 Å². The van der Waals surface area contributed by atoms with Crippen molar-refractivity contribution >= 4 is 11.6 Å². The van der Waals surface area contributed by atoms with Gasteiger partial charge in [-0.1, -0.05) is 0 Å². The van der Waals surface area contributed by atoms with Crippen LogP contribution in [0.25, 0.3) is 0 Å². The van der Waals surface area contributed by atoms with E-state index in [1.807, 2.05) is 0 Å². The summed E-state index contributed by atoms with van der Waals surface area (Å²) >= 11 is 0. The Morgan fingerprint density at radius 2 is 2.05 bits per heavy atom. The van der Waals surface area contributed by atoms with Crippen LogP contribution in [0.4, 0.5) is 5.69 Å². The fourth-order valence-electron chi connectivity index (χ4n) is 2.64. The molecule has 1 atom stereocenters. The summed E-state index contributed by atoms with van der Waals surface area (Å²) in [4.78, 5) is 24.7. The molecule has 1 saturated heterocycles. The largest absolute Gasteiger partial charge is 0.493 e. The molecule has 2 rings (SSSR count). The number of rotatable bonds is 5. The topological polar surface area (TPSA) is 102 Å². The first-order valence-corrected chi connectivity index (χ1v) is 6.85. The fraction of sp³-hybridized carbons (Fsp3) is 0.500. The van der Waals surface area contributed by atoms with Crippen LogP contribution < -0.4 is 9.47 Å². The van der Waals surface area contributed by atoms with E-state index in [2.05, 4.69) is 0 Å². The predicted molar refractivity (Wildman–Crippen MR) is 77.3 cm³/mol. The zero-order valence-corrected chi connectivity index (χ0v) is 12.4. The Labute approximate surface area is 127 Å². The van der Waals surface area contributed by atoms with Crippen molar-refractivity contribution in [1.82, 2.24) is 4.90 Å². The average Bonchev–Trinajstić information content (AvgIpc) is 3.01. The second kappa shape index (κ2) is 6.61. The Bertz CT molecular complexity index is 589.